The summed E-state index contributed by atoms with van der Waals surface area (Å²) in [7, 11) is 1.69. The van der Waals surface area contributed by atoms with Gasteiger partial charge in [0.05, 0.1) is 23.8 Å². The molecule has 4 aromatic rings. The Bertz CT molecular complexity index is 1250. The molecule has 0 saturated carbocycles. The van der Waals surface area contributed by atoms with Crippen LogP contribution in [0.3, 0.4) is 0 Å². The molecular weight excluding hydrogens is 400 g/mol. The molecule has 1 N–H and O–H groups in total. The number of hydrogen-bond donors (Lipinski definition) is 1. The molecule has 1 saturated heterocycles. The SMILES string of the molecule is COc1ccccc1N1CCN(C(=O)c2ccc(-c3nc4ccc(C)cc4[nH]3)cc2)CC1. The van der Waals surface area contributed by atoms with Gasteiger partial charge in [-0.15, -0.1) is 0 Å². The fraction of sp³-hybridized carbons (Fsp3) is 0.231. The second-order valence-corrected chi connectivity index (χ2v) is 8.13. The Morgan fingerprint density at radius 3 is 2.47 bits per heavy atom. The third kappa shape index (κ3) is 3.80. The maximum atomic E-state index is 13.1. The predicted molar refractivity (Wildman–Crippen MR) is 127 cm³/mol. The van der Waals surface area contributed by atoms with Gasteiger partial charge in [-0.3, -0.25) is 4.79 Å². The topological polar surface area (TPSA) is 61.5 Å². The molecule has 1 amide bonds. The van der Waals surface area contributed by atoms with E-state index in [0.29, 0.717) is 18.7 Å². The molecule has 32 heavy (non-hydrogen) atoms. The van der Waals surface area contributed by atoms with E-state index in [2.05, 4.69) is 40.0 Å². The zero-order valence-corrected chi connectivity index (χ0v) is 18.3. The van der Waals surface area contributed by atoms with Crippen LogP contribution in [0.2, 0.25) is 0 Å². The highest BCUT2D eigenvalue weighted by Gasteiger charge is 2.23. The fourth-order valence-electron chi connectivity index (χ4n) is 4.25. The molecule has 6 nitrogen and oxygen atoms in total. The number of aromatic amines is 1. The third-order valence-electron chi connectivity index (χ3n) is 6.04. The van der Waals surface area contributed by atoms with Crippen molar-refractivity contribution in [2.45, 2.75) is 6.92 Å². The summed E-state index contributed by atoms with van der Waals surface area (Å²) < 4.78 is 5.48. The van der Waals surface area contributed by atoms with E-state index >= 15 is 0 Å². The third-order valence-corrected chi connectivity index (χ3v) is 6.04. The Morgan fingerprint density at radius 1 is 0.969 bits per heavy atom. The van der Waals surface area contributed by atoms with Gasteiger partial charge in [-0.2, -0.15) is 0 Å². The van der Waals surface area contributed by atoms with Gasteiger partial charge in [0.2, 0.25) is 0 Å². The van der Waals surface area contributed by atoms with Crippen LogP contribution < -0.4 is 9.64 Å². The van der Waals surface area contributed by atoms with E-state index in [1.54, 1.807) is 7.11 Å². The molecule has 0 radical (unpaired) electrons. The maximum absolute atomic E-state index is 13.1. The Hall–Kier alpha value is -3.80. The van der Waals surface area contributed by atoms with Crippen LogP contribution in [-0.4, -0.2) is 54.1 Å². The maximum Gasteiger partial charge on any atom is 0.253 e. The number of nitrogens with one attached hydrogen (secondary N) is 1. The van der Waals surface area contributed by atoms with Crippen LogP contribution >= 0.6 is 0 Å². The lowest BCUT2D eigenvalue weighted by molar-refractivity contribution is 0.0746. The van der Waals surface area contributed by atoms with E-state index in [4.69, 9.17) is 4.74 Å². The van der Waals surface area contributed by atoms with Crippen LogP contribution in [-0.2, 0) is 0 Å². The number of amides is 1. The van der Waals surface area contributed by atoms with E-state index in [0.717, 1.165) is 46.9 Å². The number of benzene rings is 3. The number of H-pyrrole nitrogens is 1. The number of aromatic nitrogens is 2. The summed E-state index contributed by atoms with van der Waals surface area (Å²) in [5, 5.41) is 0. The Morgan fingerprint density at radius 2 is 1.72 bits per heavy atom. The number of fused-ring (bicyclic) bond motifs is 1. The van der Waals surface area contributed by atoms with Crippen molar-refractivity contribution in [1.82, 2.24) is 14.9 Å². The van der Waals surface area contributed by atoms with Crippen molar-refractivity contribution in [3.63, 3.8) is 0 Å². The quantitative estimate of drug-likeness (QED) is 0.522. The molecule has 6 heteroatoms. The van der Waals surface area contributed by atoms with Crippen LogP contribution in [0.4, 0.5) is 5.69 Å². The number of anilines is 1. The molecule has 1 aliphatic rings. The first kappa shape index (κ1) is 20.1. The van der Waals surface area contributed by atoms with Gasteiger partial charge in [-0.1, -0.05) is 30.3 Å². The number of carbonyl (C=O) groups excluding carboxylic acids is 1. The summed E-state index contributed by atoms with van der Waals surface area (Å²) in [5.74, 6) is 1.75. The molecule has 1 aliphatic heterocycles. The largest absolute Gasteiger partial charge is 0.495 e. The van der Waals surface area contributed by atoms with Gasteiger partial charge in [-0.05, 0) is 48.9 Å². The number of carbonyl (C=O) groups is 1. The lowest BCUT2D eigenvalue weighted by Crippen LogP contribution is -2.48. The standard InChI is InChI=1S/C26H26N4O2/c1-18-7-12-21-22(17-18)28-25(27-21)19-8-10-20(11-9-19)26(31)30-15-13-29(14-16-30)23-5-3-4-6-24(23)32-2/h3-12,17H,13-16H2,1-2H3,(H,27,28). The summed E-state index contributed by atoms with van der Waals surface area (Å²) in [5.41, 5.74) is 5.90. The number of imidazole rings is 1. The van der Waals surface area contributed by atoms with Crippen LogP contribution in [0, 0.1) is 6.92 Å². The minimum absolute atomic E-state index is 0.0662. The first-order valence-electron chi connectivity index (χ1n) is 10.9. The summed E-state index contributed by atoms with van der Waals surface area (Å²) in [6.45, 7) is 4.99. The van der Waals surface area contributed by atoms with Crippen molar-refractivity contribution in [1.29, 1.82) is 0 Å². The molecule has 3 aromatic carbocycles. The zero-order chi connectivity index (χ0) is 22.1. The van der Waals surface area contributed by atoms with Gasteiger partial charge in [0.15, 0.2) is 0 Å². The number of aryl methyl sites for hydroxylation is 1. The molecule has 0 bridgehead atoms. The molecule has 2 heterocycles. The van der Waals surface area contributed by atoms with Gasteiger partial charge in [0.1, 0.15) is 11.6 Å². The Balaban J connectivity index is 1.27. The molecular formula is C26H26N4O2. The molecule has 0 atom stereocenters. The smallest absolute Gasteiger partial charge is 0.253 e. The molecule has 162 valence electrons. The number of rotatable bonds is 4. The van der Waals surface area contributed by atoms with Crippen LogP contribution in [0.1, 0.15) is 15.9 Å². The zero-order valence-electron chi connectivity index (χ0n) is 18.3. The minimum Gasteiger partial charge on any atom is -0.495 e. The molecule has 0 spiro atoms. The van der Waals surface area contributed by atoms with E-state index in [9.17, 15) is 4.79 Å². The van der Waals surface area contributed by atoms with Gasteiger partial charge >= 0.3 is 0 Å². The number of nitrogens with zero attached hydrogens (tertiary/aromatic N) is 3. The summed E-state index contributed by atoms with van der Waals surface area (Å²) in [6.07, 6.45) is 0. The van der Waals surface area contributed by atoms with Crippen molar-refractivity contribution in [2.24, 2.45) is 0 Å². The molecule has 5 rings (SSSR count). The molecule has 1 aromatic heterocycles. The molecule has 1 fully saturated rings. The van der Waals surface area contributed by atoms with Crippen molar-refractivity contribution >= 4 is 22.6 Å². The van der Waals surface area contributed by atoms with Gasteiger partial charge < -0.3 is 19.5 Å². The van der Waals surface area contributed by atoms with E-state index in [1.165, 1.54) is 5.56 Å². The van der Waals surface area contributed by atoms with E-state index in [1.807, 2.05) is 53.4 Å². The fourth-order valence-corrected chi connectivity index (χ4v) is 4.25. The second kappa shape index (κ2) is 8.38. The minimum atomic E-state index is 0.0662. The van der Waals surface area contributed by atoms with Crippen molar-refractivity contribution < 1.29 is 9.53 Å². The highest BCUT2D eigenvalue weighted by molar-refractivity contribution is 5.95. The lowest BCUT2D eigenvalue weighted by atomic mass is 10.1. The number of ether oxygens (including phenoxy) is 1. The average molecular weight is 427 g/mol. The molecule has 0 aliphatic carbocycles. The average Bonchev–Trinajstić information content (AvgIpc) is 3.27. The predicted octanol–water partition coefficient (Wildman–Crippen LogP) is 4.51. The summed E-state index contributed by atoms with van der Waals surface area (Å²) >= 11 is 0. The first-order valence-corrected chi connectivity index (χ1v) is 10.9. The lowest BCUT2D eigenvalue weighted by Gasteiger charge is -2.36. The van der Waals surface area contributed by atoms with Crippen molar-refractivity contribution in [2.75, 3.05) is 38.2 Å². The summed E-state index contributed by atoms with van der Waals surface area (Å²) in [4.78, 5) is 25.3. The highest BCUT2D eigenvalue weighted by Crippen LogP contribution is 2.28. The Kier molecular flexibility index (Phi) is 5.27. The molecule has 0 unspecified atom stereocenters. The van der Waals surface area contributed by atoms with Crippen molar-refractivity contribution in [3.8, 4) is 17.1 Å². The number of piperazine rings is 1. The van der Waals surface area contributed by atoms with Gasteiger partial charge in [0.25, 0.3) is 5.91 Å². The Labute approximate surface area is 187 Å². The first-order chi connectivity index (χ1) is 15.6. The normalized spacial score (nSPS) is 14.1. The van der Waals surface area contributed by atoms with Gasteiger partial charge in [-0.25, -0.2) is 4.98 Å². The summed E-state index contributed by atoms with van der Waals surface area (Å²) in [6, 6.07) is 21.9. The number of methoxy groups -OCH3 is 1. The van der Waals surface area contributed by atoms with Crippen LogP contribution in [0.5, 0.6) is 5.75 Å². The highest BCUT2D eigenvalue weighted by atomic mass is 16.5. The van der Waals surface area contributed by atoms with E-state index < -0.39 is 0 Å². The number of hydrogen-bond acceptors (Lipinski definition) is 4. The van der Waals surface area contributed by atoms with Gasteiger partial charge in [0, 0.05) is 37.3 Å². The van der Waals surface area contributed by atoms with E-state index in [-0.39, 0.29) is 5.91 Å². The van der Waals surface area contributed by atoms with Crippen molar-refractivity contribution in [3.05, 3.63) is 77.9 Å². The second-order valence-electron chi connectivity index (χ2n) is 8.13. The van der Waals surface area contributed by atoms with Crippen LogP contribution in [0.25, 0.3) is 22.4 Å². The van der Waals surface area contributed by atoms with Crippen LogP contribution in [0.15, 0.2) is 66.7 Å². The number of para-hydroxylation sites is 2. The monoisotopic (exact) mass is 426 g/mol.